The molecule has 4 aromatic carbocycles. The summed E-state index contributed by atoms with van der Waals surface area (Å²) in [5.41, 5.74) is 4.50. The quantitative estimate of drug-likeness (QED) is 0.256. The van der Waals surface area contributed by atoms with Crippen LogP contribution in [0.5, 0.6) is 0 Å². The first-order chi connectivity index (χ1) is 13.7. The maximum Gasteiger partial charge on any atom is 0.143 e. The van der Waals surface area contributed by atoms with Crippen molar-refractivity contribution < 1.29 is 4.42 Å². The van der Waals surface area contributed by atoms with E-state index in [9.17, 15) is 0 Å². The molecular formula is C26H22OS. The molecule has 0 saturated heterocycles. The standard InChI is InChI=1S/C24H16OS.C2H6/c1-13-3-5-15-17-7-10-20-18(23(17)25-21(15)11-13)8-9-19-16-6-4-14(2)12-22(16)26-24(19)20;1-2/h3-12H,1-2H3;1-2H3. The van der Waals surface area contributed by atoms with Crippen LogP contribution < -0.4 is 0 Å². The Morgan fingerprint density at radius 2 is 1.14 bits per heavy atom. The summed E-state index contributed by atoms with van der Waals surface area (Å²) in [7, 11) is 0. The highest BCUT2D eigenvalue weighted by atomic mass is 32.1. The van der Waals surface area contributed by atoms with Crippen LogP contribution in [-0.4, -0.2) is 0 Å². The molecule has 0 spiro atoms. The lowest BCUT2D eigenvalue weighted by Crippen LogP contribution is -1.75. The van der Waals surface area contributed by atoms with Gasteiger partial charge in [0, 0.05) is 41.7 Å². The number of rotatable bonds is 0. The molecule has 0 atom stereocenters. The SMILES string of the molecule is CC.Cc1ccc2c(c1)oc1c2ccc2c1ccc1c3ccc(C)cc3sc12. The fraction of sp³-hybridized carbons (Fsp3) is 0.154. The van der Waals surface area contributed by atoms with Crippen LogP contribution in [0.1, 0.15) is 25.0 Å². The Hall–Kier alpha value is -2.84. The molecule has 0 aliphatic carbocycles. The number of fused-ring (bicyclic) bond motifs is 9. The van der Waals surface area contributed by atoms with E-state index >= 15 is 0 Å². The Balaban J connectivity index is 0.000000829. The molecule has 0 unspecified atom stereocenters. The molecule has 1 nitrogen and oxygen atoms in total. The van der Waals surface area contributed by atoms with Crippen molar-refractivity contribution in [2.75, 3.05) is 0 Å². The molecule has 0 aliphatic rings. The van der Waals surface area contributed by atoms with Crippen LogP contribution in [0.2, 0.25) is 0 Å². The maximum atomic E-state index is 6.29. The van der Waals surface area contributed by atoms with E-state index in [4.69, 9.17) is 4.42 Å². The van der Waals surface area contributed by atoms with Gasteiger partial charge in [-0.1, -0.05) is 50.2 Å². The lowest BCUT2D eigenvalue weighted by Gasteiger charge is -2.01. The van der Waals surface area contributed by atoms with Crippen molar-refractivity contribution in [2.45, 2.75) is 27.7 Å². The van der Waals surface area contributed by atoms with Gasteiger partial charge in [-0.15, -0.1) is 11.3 Å². The van der Waals surface area contributed by atoms with E-state index in [0.717, 1.165) is 11.2 Å². The third kappa shape index (κ3) is 2.38. The van der Waals surface area contributed by atoms with Gasteiger partial charge < -0.3 is 4.42 Å². The van der Waals surface area contributed by atoms with Crippen molar-refractivity contribution in [2.24, 2.45) is 0 Å². The summed E-state index contributed by atoms with van der Waals surface area (Å²) in [6.45, 7) is 8.26. The number of furan rings is 1. The van der Waals surface area contributed by atoms with Crippen molar-refractivity contribution in [1.82, 2.24) is 0 Å². The minimum atomic E-state index is 0.972. The zero-order valence-electron chi connectivity index (χ0n) is 16.6. The van der Waals surface area contributed by atoms with E-state index < -0.39 is 0 Å². The van der Waals surface area contributed by atoms with E-state index in [2.05, 4.69) is 74.5 Å². The zero-order chi connectivity index (χ0) is 19.4. The maximum absolute atomic E-state index is 6.29. The molecular weight excluding hydrogens is 360 g/mol. The molecule has 0 aliphatic heterocycles. The van der Waals surface area contributed by atoms with Gasteiger partial charge in [-0.25, -0.2) is 0 Å². The molecule has 2 heterocycles. The zero-order valence-corrected chi connectivity index (χ0v) is 17.4. The molecule has 6 rings (SSSR count). The molecule has 28 heavy (non-hydrogen) atoms. The lowest BCUT2D eigenvalue weighted by molar-refractivity contribution is 0.672. The summed E-state index contributed by atoms with van der Waals surface area (Å²) in [6, 6.07) is 22.1. The van der Waals surface area contributed by atoms with Gasteiger partial charge in [0.05, 0.1) is 0 Å². The van der Waals surface area contributed by atoms with E-state index in [1.807, 2.05) is 25.2 Å². The normalized spacial score (nSPS) is 11.6. The van der Waals surface area contributed by atoms with Crippen LogP contribution >= 0.6 is 11.3 Å². The third-order valence-electron chi connectivity index (χ3n) is 5.38. The third-order valence-corrected chi connectivity index (χ3v) is 6.58. The fourth-order valence-electron chi connectivity index (χ4n) is 4.09. The predicted octanol–water partition coefficient (Wildman–Crippen LogP) is 8.75. The van der Waals surface area contributed by atoms with Crippen molar-refractivity contribution in [1.29, 1.82) is 0 Å². The van der Waals surface area contributed by atoms with E-state index in [1.54, 1.807) is 0 Å². The summed E-state index contributed by atoms with van der Waals surface area (Å²) in [6.07, 6.45) is 0. The molecule has 2 aromatic heterocycles. The first-order valence-electron chi connectivity index (χ1n) is 9.86. The van der Waals surface area contributed by atoms with Crippen LogP contribution in [-0.2, 0) is 0 Å². The number of hydrogen-bond acceptors (Lipinski definition) is 2. The molecule has 0 bridgehead atoms. The van der Waals surface area contributed by atoms with Crippen LogP contribution in [0, 0.1) is 13.8 Å². The molecule has 6 aromatic rings. The molecule has 0 radical (unpaired) electrons. The monoisotopic (exact) mass is 382 g/mol. The van der Waals surface area contributed by atoms with Crippen molar-refractivity contribution >= 4 is 64.2 Å². The fourth-order valence-corrected chi connectivity index (χ4v) is 5.42. The second-order valence-corrected chi connectivity index (χ2v) is 8.24. The Morgan fingerprint density at radius 3 is 1.89 bits per heavy atom. The molecule has 2 heteroatoms. The first-order valence-corrected chi connectivity index (χ1v) is 10.7. The number of benzene rings is 4. The van der Waals surface area contributed by atoms with Crippen LogP contribution in [0.15, 0.2) is 65.1 Å². The lowest BCUT2D eigenvalue weighted by atomic mass is 10.0. The Kier molecular flexibility index (Phi) is 3.92. The van der Waals surface area contributed by atoms with Gasteiger partial charge in [-0.3, -0.25) is 0 Å². The second kappa shape index (κ2) is 6.35. The Bertz CT molecular complexity index is 1380. The molecule has 0 amide bonds. The summed E-state index contributed by atoms with van der Waals surface area (Å²) in [5, 5.41) is 7.56. The first kappa shape index (κ1) is 17.3. The topological polar surface area (TPSA) is 13.1 Å². The summed E-state index contributed by atoms with van der Waals surface area (Å²) >= 11 is 1.88. The van der Waals surface area contributed by atoms with Gasteiger partial charge in [-0.05, 0) is 49.2 Å². The van der Waals surface area contributed by atoms with Gasteiger partial charge in [-0.2, -0.15) is 0 Å². The summed E-state index contributed by atoms with van der Waals surface area (Å²) in [4.78, 5) is 0. The Morgan fingerprint density at radius 1 is 0.607 bits per heavy atom. The van der Waals surface area contributed by atoms with Crippen LogP contribution in [0.3, 0.4) is 0 Å². The minimum Gasteiger partial charge on any atom is -0.455 e. The Labute approximate surface area is 168 Å². The summed E-state index contributed by atoms with van der Waals surface area (Å²) in [5.74, 6) is 0. The highest BCUT2D eigenvalue weighted by molar-refractivity contribution is 7.26. The largest absolute Gasteiger partial charge is 0.455 e. The van der Waals surface area contributed by atoms with Crippen molar-refractivity contribution in [3.8, 4) is 0 Å². The van der Waals surface area contributed by atoms with Crippen molar-refractivity contribution in [3.05, 3.63) is 71.8 Å². The minimum absolute atomic E-state index is 0.972. The average molecular weight is 383 g/mol. The number of hydrogen-bond donors (Lipinski definition) is 0. The molecule has 0 fully saturated rings. The predicted molar refractivity (Wildman–Crippen MR) is 125 cm³/mol. The van der Waals surface area contributed by atoms with Crippen LogP contribution in [0.4, 0.5) is 0 Å². The van der Waals surface area contributed by atoms with Crippen molar-refractivity contribution in [3.63, 3.8) is 0 Å². The highest BCUT2D eigenvalue weighted by Crippen LogP contribution is 2.42. The number of thiophene rings is 1. The van der Waals surface area contributed by atoms with Gasteiger partial charge in [0.15, 0.2) is 0 Å². The van der Waals surface area contributed by atoms with Gasteiger partial charge in [0.2, 0.25) is 0 Å². The van der Waals surface area contributed by atoms with Gasteiger partial charge >= 0.3 is 0 Å². The van der Waals surface area contributed by atoms with E-state index in [-0.39, 0.29) is 0 Å². The van der Waals surface area contributed by atoms with Gasteiger partial charge in [0.1, 0.15) is 11.2 Å². The molecule has 0 N–H and O–H groups in total. The van der Waals surface area contributed by atoms with E-state index in [1.165, 1.54) is 52.8 Å². The molecule has 138 valence electrons. The smallest absolute Gasteiger partial charge is 0.143 e. The van der Waals surface area contributed by atoms with Crippen LogP contribution in [0.25, 0.3) is 52.9 Å². The molecule has 0 saturated carbocycles. The average Bonchev–Trinajstić information content (AvgIpc) is 3.26. The highest BCUT2D eigenvalue weighted by Gasteiger charge is 2.14. The number of aryl methyl sites for hydroxylation is 2. The van der Waals surface area contributed by atoms with Gasteiger partial charge in [0.25, 0.3) is 0 Å². The second-order valence-electron chi connectivity index (χ2n) is 7.18. The van der Waals surface area contributed by atoms with E-state index in [0.29, 0.717) is 0 Å². The summed E-state index contributed by atoms with van der Waals surface area (Å²) < 4.78 is 9.00.